The van der Waals surface area contributed by atoms with Crippen molar-refractivity contribution in [2.24, 2.45) is 0 Å². The predicted molar refractivity (Wildman–Crippen MR) is 113 cm³/mol. The van der Waals surface area contributed by atoms with Gasteiger partial charge in [0.15, 0.2) is 5.13 Å². The summed E-state index contributed by atoms with van der Waals surface area (Å²) in [7, 11) is 0. The van der Waals surface area contributed by atoms with E-state index in [4.69, 9.17) is 4.98 Å². The van der Waals surface area contributed by atoms with Crippen molar-refractivity contribution in [2.75, 3.05) is 11.4 Å². The maximum Gasteiger partial charge on any atom is 0.190 e. The summed E-state index contributed by atoms with van der Waals surface area (Å²) in [5.74, 6) is 0. The topological polar surface area (TPSA) is 16.1 Å². The van der Waals surface area contributed by atoms with Gasteiger partial charge in [-0.05, 0) is 62.6 Å². The minimum absolute atomic E-state index is 0.767. The Hall–Kier alpha value is -1.39. The van der Waals surface area contributed by atoms with E-state index in [1.54, 1.807) is 0 Å². The Balaban J connectivity index is 1.71. The zero-order valence-electron chi connectivity index (χ0n) is 14.9. The zero-order chi connectivity index (χ0) is 17.8. The predicted octanol–water partition coefficient (Wildman–Crippen LogP) is 6.23. The second-order valence-electron chi connectivity index (χ2n) is 6.62. The number of halogens is 1. The number of aromatic nitrogens is 1. The minimum atomic E-state index is 0.767. The molecular formula is C21H25BrN2S. The van der Waals surface area contributed by atoms with Crippen LogP contribution in [0.4, 0.5) is 5.13 Å². The molecule has 1 aromatic heterocycles. The second kappa shape index (κ2) is 8.33. The van der Waals surface area contributed by atoms with Gasteiger partial charge in [0.1, 0.15) is 0 Å². The first-order valence-electron chi connectivity index (χ1n) is 8.88. The highest BCUT2D eigenvalue weighted by Crippen LogP contribution is 2.33. The Bertz CT molecular complexity index is 755. The molecular weight excluding hydrogens is 392 g/mol. The monoisotopic (exact) mass is 416 g/mol. The summed E-state index contributed by atoms with van der Waals surface area (Å²) < 4.78 is 1.17. The Morgan fingerprint density at radius 1 is 1.36 bits per heavy atom. The quantitative estimate of drug-likeness (QED) is 0.497. The first kappa shape index (κ1) is 18.4. The summed E-state index contributed by atoms with van der Waals surface area (Å²) in [5.41, 5.74) is 5.01. The van der Waals surface area contributed by atoms with Crippen LogP contribution in [0.1, 0.15) is 41.0 Å². The van der Waals surface area contributed by atoms with Gasteiger partial charge in [-0.1, -0.05) is 40.7 Å². The van der Waals surface area contributed by atoms with E-state index in [0.29, 0.717) is 0 Å². The maximum absolute atomic E-state index is 4.90. The number of rotatable bonds is 7. The van der Waals surface area contributed by atoms with Gasteiger partial charge in [0.2, 0.25) is 0 Å². The molecule has 2 aromatic rings. The summed E-state index contributed by atoms with van der Waals surface area (Å²) in [6, 6.07) is 6.58. The number of hydrogen-bond acceptors (Lipinski definition) is 3. The third-order valence-electron chi connectivity index (χ3n) is 4.70. The molecule has 25 heavy (non-hydrogen) atoms. The third kappa shape index (κ3) is 4.42. The van der Waals surface area contributed by atoms with Crippen LogP contribution in [0.15, 0.2) is 47.6 Å². The first-order valence-corrected chi connectivity index (χ1v) is 10.5. The van der Waals surface area contributed by atoms with E-state index in [0.717, 1.165) is 36.6 Å². The van der Waals surface area contributed by atoms with E-state index >= 15 is 0 Å². The molecule has 0 unspecified atom stereocenters. The maximum atomic E-state index is 4.90. The average molecular weight is 417 g/mol. The number of benzene rings is 1. The highest BCUT2D eigenvalue weighted by molar-refractivity contribution is 9.10. The number of allylic oxidation sites excluding steroid dienone is 1. The molecule has 0 radical (unpaired) electrons. The van der Waals surface area contributed by atoms with Crippen LogP contribution in [0.3, 0.4) is 0 Å². The molecule has 2 nitrogen and oxygen atoms in total. The van der Waals surface area contributed by atoms with E-state index in [1.165, 1.54) is 45.4 Å². The fraction of sp³-hybridized carbons (Fsp3) is 0.381. The summed E-state index contributed by atoms with van der Waals surface area (Å²) >= 11 is 5.46. The fourth-order valence-electron chi connectivity index (χ4n) is 3.14. The van der Waals surface area contributed by atoms with Gasteiger partial charge in [-0.25, -0.2) is 4.98 Å². The molecule has 0 spiro atoms. The molecule has 0 saturated heterocycles. The second-order valence-corrected chi connectivity index (χ2v) is 8.54. The zero-order valence-corrected chi connectivity index (χ0v) is 17.3. The smallest absolute Gasteiger partial charge is 0.190 e. The Kier molecular flexibility index (Phi) is 6.13. The van der Waals surface area contributed by atoms with Gasteiger partial charge < -0.3 is 4.90 Å². The summed E-state index contributed by atoms with van der Waals surface area (Å²) in [6.07, 6.45) is 8.70. The molecule has 0 amide bonds. The molecule has 0 fully saturated rings. The van der Waals surface area contributed by atoms with Crippen molar-refractivity contribution >= 4 is 32.4 Å². The van der Waals surface area contributed by atoms with Crippen molar-refractivity contribution in [1.82, 2.24) is 4.98 Å². The van der Waals surface area contributed by atoms with Crippen molar-refractivity contribution in [3.05, 3.63) is 69.3 Å². The van der Waals surface area contributed by atoms with E-state index in [9.17, 15) is 0 Å². The lowest BCUT2D eigenvalue weighted by molar-refractivity contribution is 0.682. The molecule has 0 bridgehead atoms. The van der Waals surface area contributed by atoms with Crippen LogP contribution in [-0.2, 0) is 19.3 Å². The van der Waals surface area contributed by atoms with Gasteiger partial charge in [-0.3, -0.25) is 0 Å². The number of hydrogen-bond donors (Lipinski definition) is 0. The molecule has 0 aliphatic heterocycles. The van der Waals surface area contributed by atoms with Crippen molar-refractivity contribution in [3.8, 4) is 0 Å². The van der Waals surface area contributed by atoms with Gasteiger partial charge in [0.25, 0.3) is 0 Å². The molecule has 3 rings (SSSR count). The highest BCUT2D eigenvalue weighted by Gasteiger charge is 2.19. The van der Waals surface area contributed by atoms with Crippen LogP contribution in [0.5, 0.6) is 0 Å². The van der Waals surface area contributed by atoms with E-state index < -0.39 is 0 Å². The lowest BCUT2D eigenvalue weighted by Crippen LogP contribution is -2.22. The van der Waals surface area contributed by atoms with Gasteiger partial charge in [-0.2, -0.15) is 0 Å². The molecule has 1 aliphatic carbocycles. The molecule has 0 saturated carbocycles. The highest BCUT2D eigenvalue weighted by atomic mass is 79.9. The van der Waals surface area contributed by atoms with E-state index in [1.807, 2.05) is 17.4 Å². The number of thiazole rings is 1. The van der Waals surface area contributed by atoms with Gasteiger partial charge >= 0.3 is 0 Å². The van der Waals surface area contributed by atoms with Crippen LogP contribution < -0.4 is 4.90 Å². The normalized spacial score (nSPS) is 13.4. The largest absolute Gasteiger partial charge is 0.318 e. The summed E-state index contributed by atoms with van der Waals surface area (Å²) in [6.45, 7) is 11.1. The molecule has 1 heterocycles. The van der Waals surface area contributed by atoms with E-state index in [2.05, 4.69) is 59.1 Å². The van der Waals surface area contributed by atoms with Crippen LogP contribution in [-0.4, -0.2) is 11.5 Å². The van der Waals surface area contributed by atoms with Gasteiger partial charge in [0.05, 0.1) is 5.69 Å². The summed E-state index contributed by atoms with van der Waals surface area (Å²) in [5, 5.41) is 1.09. The lowest BCUT2D eigenvalue weighted by Gasteiger charge is -2.22. The van der Waals surface area contributed by atoms with Gasteiger partial charge in [0, 0.05) is 21.6 Å². The molecule has 4 heteroatoms. The molecule has 0 atom stereocenters. The lowest BCUT2D eigenvalue weighted by atomic mass is 10.0. The number of aryl methyl sites for hydroxylation is 4. The van der Waals surface area contributed by atoms with Crippen LogP contribution in [0, 0.1) is 6.92 Å². The number of nitrogens with zero attached hydrogens (tertiary/aromatic N) is 2. The Morgan fingerprint density at radius 3 is 2.88 bits per heavy atom. The third-order valence-corrected chi connectivity index (χ3v) is 6.73. The van der Waals surface area contributed by atoms with Gasteiger partial charge in [-0.15, -0.1) is 17.9 Å². The fourth-order valence-corrected chi connectivity index (χ4v) is 4.77. The van der Waals surface area contributed by atoms with Crippen molar-refractivity contribution in [2.45, 2.75) is 45.4 Å². The van der Waals surface area contributed by atoms with Crippen LogP contribution in [0.25, 0.3) is 0 Å². The number of fused-ring (bicyclic) bond motifs is 1. The van der Waals surface area contributed by atoms with Crippen molar-refractivity contribution in [1.29, 1.82) is 0 Å². The molecule has 1 aromatic carbocycles. The van der Waals surface area contributed by atoms with Crippen molar-refractivity contribution < 1.29 is 0 Å². The molecule has 132 valence electrons. The first-order chi connectivity index (χ1) is 12.1. The summed E-state index contributed by atoms with van der Waals surface area (Å²) in [4.78, 5) is 8.60. The number of anilines is 1. The van der Waals surface area contributed by atoms with Crippen LogP contribution >= 0.6 is 27.3 Å². The Morgan fingerprint density at radius 2 is 2.16 bits per heavy atom. The average Bonchev–Trinajstić information content (AvgIpc) is 3.04. The Labute approximate surface area is 163 Å². The minimum Gasteiger partial charge on any atom is -0.318 e. The standard InChI is InChI=1S/C21H25BrN2S/c1-4-13-24(21-23-19-7-5-6-8-20(19)25-21)16(3)10-12-17-11-9-15(2)18(22)14-17/h4,9,11,14H,1,3,5-8,10,12-13H2,2H3. The van der Waals surface area contributed by atoms with Crippen LogP contribution in [0.2, 0.25) is 0 Å². The molecule has 0 N–H and O–H groups in total. The molecule has 1 aliphatic rings. The SMILES string of the molecule is C=CCN(C(=C)CCc1ccc(C)c(Br)c1)c1nc2c(s1)CCCC2. The van der Waals surface area contributed by atoms with E-state index in [-0.39, 0.29) is 0 Å². The van der Waals surface area contributed by atoms with Crippen molar-refractivity contribution in [3.63, 3.8) is 0 Å².